The molecule has 1 amide bonds. The van der Waals surface area contributed by atoms with Crippen LogP contribution in [0.25, 0.3) is 0 Å². The van der Waals surface area contributed by atoms with Crippen LogP contribution in [-0.4, -0.2) is 24.0 Å². The van der Waals surface area contributed by atoms with E-state index in [1.54, 1.807) is 0 Å². The lowest BCUT2D eigenvalue weighted by atomic mass is 10.0. The first-order valence-electron chi connectivity index (χ1n) is 6.98. The fourth-order valence-electron chi connectivity index (χ4n) is 2.50. The van der Waals surface area contributed by atoms with Gasteiger partial charge in [-0.15, -0.1) is 0 Å². The molecule has 100 valence electrons. The van der Waals surface area contributed by atoms with Gasteiger partial charge < -0.3 is 10.6 Å². The molecule has 3 heteroatoms. The quantitative estimate of drug-likeness (QED) is 0.725. The molecular formula is C14H28N2O. The van der Waals surface area contributed by atoms with Crippen molar-refractivity contribution in [3.8, 4) is 0 Å². The Bertz CT molecular complexity index is 245. The lowest BCUT2D eigenvalue weighted by Gasteiger charge is -2.25. The third kappa shape index (κ3) is 5.53. The van der Waals surface area contributed by atoms with Gasteiger partial charge >= 0.3 is 0 Å². The van der Waals surface area contributed by atoms with Crippen LogP contribution < -0.4 is 10.6 Å². The Hall–Kier alpha value is -0.570. The fraction of sp³-hybridized carbons (Fsp3) is 0.929. The lowest BCUT2D eigenvalue weighted by Crippen LogP contribution is -2.42. The Morgan fingerprint density at radius 2 is 2.00 bits per heavy atom. The largest absolute Gasteiger partial charge is 0.356 e. The molecule has 0 aromatic rings. The number of hydrogen-bond donors (Lipinski definition) is 2. The molecule has 0 spiro atoms. The molecule has 0 bridgehead atoms. The zero-order valence-corrected chi connectivity index (χ0v) is 11.8. The number of nitrogens with one attached hydrogen (secondary N) is 2. The van der Waals surface area contributed by atoms with E-state index in [0.717, 1.165) is 38.6 Å². The lowest BCUT2D eigenvalue weighted by molar-refractivity contribution is -0.124. The maximum absolute atomic E-state index is 11.9. The van der Waals surface area contributed by atoms with E-state index in [1.165, 1.54) is 0 Å². The molecule has 1 fully saturated rings. The summed E-state index contributed by atoms with van der Waals surface area (Å²) in [6.07, 6.45) is 5.38. The highest BCUT2D eigenvalue weighted by Crippen LogP contribution is 2.27. The van der Waals surface area contributed by atoms with Gasteiger partial charge in [0.25, 0.3) is 0 Å². The van der Waals surface area contributed by atoms with Crippen LogP contribution >= 0.6 is 0 Å². The van der Waals surface area contributed by atoms with Gasteiger partial charge in [0, 0.05) is 24.0 Å². The van der Waals surface area contributed by atoms with E-state index in [2.05, 4.69) is 38.3 Å². The molecule has 1 rings (SSSR count). The molecule has 1 aliphatic rings. The first-order chi connectivity index (χ1) is 7.92. The zero-order chi connectivity index (χ0) is 12.9. The highest BCUT2D eigenvalue weighted by molar-refractivity contribution is 5.78. The van der Waals surface area contributed by atoms with E-state index >= 15 is 0 Å². The van der Waals surface area contributed by atoms with Crippen molar-refractivity contribution in [2.45, 2.75) is 71.4 Å². The topological polar surface area (TPSA) is 41.1 Å². The molecule has 0 unspecified atom stereocenters. The van der Waals surface area contributed by atoms with Crippen molar-refractivity contribution in [3.63, 3.8) is 0 Å². The van der Waals surface area contributed by atoms with E-state index < -0.39 is 0 Å². The Morgan fingerprint density at radius 3 is 2.59 bits per heavy atom. The van der Waals surface area contributed by atoms with Gasteiger partial charge in [-0.2, -0.15) is 0 Å². The van der Waals surface area contributed by atoms with Gasteiger partial charge in [-0.1, -0.05) is 13.3 Å². The van der Waals surface area contributed by atoms with Crippen LogP contribution in [0.3, 0.4) is 0 Å². The molecule has 0 aromatic heterocycles. The van der Waals surface area contributed by atoms with Crippen molar-refractivity contribution in [2.75, 3.05) is 6.54 Å². The molecule has 0 aromatic carbocycles. The van der Waals surface area contributed by atoms with Crippen LogP contribution in [0, 0.1) is 5.92 Å². The molecule has 17 heavy (non-hydrogen) atoms. The Kier molecular flexibility index (Phi) is 5.44. The third-order valence-electron chi connectivity index (χ3n) is 3.27. The second-order valence-corrected chi connectivity index (χ2v) is 6.25. The van der Waals surface area contributed by atoms with E-state index in [9.17, 15) is 4.79 Å². The van der Waals surface area contributed by atoms with Crippen molar-refractivity contribution in [1.82, 2.24) is 10.6 Å². The average Bonchev–Trinajstić information content (AvgIpc) is 2.64. The van der Waals surface area contributed by atoms with Crippen molar-refractivity contribution in [1.29, 1.82) is 0 Å². The summed E-state index contributed by atoms with van der Waals surface area (Å²) in [6, 6.07) is 0.511. The van der Waals surface area contributed by atoms with Crippen LogP contribution in [0.2, 0.25) is 0 Å². The van der Waals surface area contributed by atoms with Crippen LogP contribution in [0.5, 0.6) is 0 Å². The van der Waals surface area contributed by atoms with Gasteiger partial charge in [0.2, 0.25) is 5.91 Å². The number of unbranched alkanes of at least 4 members (excludes halogenated alkanes) is 1. The van der Waals surface area contributed by atoms with Crippen molar-refractivity contribution < 1.29 is 4.79 Å². The van der Waals surface area contributed by atoms with Gasteiger partial charge in [-0.25, -0.2) is 0 Å². The summed E-state index contributed by atoms with van der Waals surface area (Å²) in [4.78, 5) is 11.9. The molecule has 2 N–H and O–H groups in total. The fourth-order valence-corrected chi connectivity index (χ4v) is 2.50. The predicted molar refractivity (Wildman–Crippen MR) is 71.9 cm³/mol. The monoisotopic (exact) mass is 240 g/mol. The minimum atomic E-state index is 0.151. The molecule has 1 saturated carbocycles. The zero-order valence-electron chi connectivity index (χ0n) is 11.8. The summed E-state index contributed by atoms with van der Waals surface area (Å²) in [5, 5.41) is 6.63. The van der Waals surface area contributed by atoms with E-state index in [0.29, 0.717) is 6.04 Å². The van der Waals surface area contributed by atoms with E-state index in [1.807, 2.05) is 0 Å². The molecule has 0 aliphatic heterocycles. The summed E-state index contributed by atoms with van der Waals surface area (Å²) in [6.45, 7) is 9.53. The minimum absolute atomic E-state index is 0.151. The molecule has 3 nitrogen and oxygen atoms in total. The van der Waals surface area contributed by atoms with Gasteiger partial charge in [0.05, 0.1) is 0 Å². The second-order valence-electron chi connectivity index (χ2n) is 6.25. The van der Waals surface area contributed by atoms with Crippen LogP contribution in [0.1, 0.15) is 59.8 Å². The molecule has 2 atom stereocenters. The van der Waals surface area contributed by atoms with Gasteiger partial charge in [0.1, 0.15) is 0 Å². The third-order valence-corrected chi connectivity index (χ3v) is 3.27. The summed E-state index contributed by atoms with van der Waals surface area (Å²) in [7, 11) is 0. The molecule has 0 saturated heterocycles. The smallest absolute Gasteiger partial charge is 0.223 e. The summed E-state index contributed by atoms with van der Waals surface area (Å²) in [5.74, 6) is 0.489. The molecule has 0 radical (unpaired) electrons. The van der Waals surface area contributed by atoms with E-state index in [4.69, 9.17) is 0 Å². The summed E-state index contributed by atoms with van der Waals surface area (Å²) in [5.41, 5.74) is 0.151. The van der Waals surface area contributed by atoms with Crippen molar-refractivity contribution in [3.05, 3.63) is 0 Å². The van der Waals surface area contributed by atoms with E-state index in [-0.39, 0.29) is 17.4 Å². The van der Waals surface area contributed by atoms with Crippen molar-refractivity contribution >= 4 is 5.91 Å². The molecule has 0 heterocycles. The summed E-state index contributed by atoms with van der Waals surface area (Å²) < 4.78 is 0. The SMILES string of the molecule is CCCCNC(=O)[C@H]1CC[C@@H](NC(C)(C)C)C1. The normalized spacial score (nSPS) is 24.9. The highest BCUT2D eigenvalue weighted by Gasteiger charge is 2.31. The summed E-state index contributed by atoms with van der Waals surface area (Å²) >= 11 is 0. The molecular weight excluding hydrogens is 212 g/mol. The number of rotatable bonds is 5. The first kappa shape index (κ1) is 14.5. The number of carbonyl (C=O) groups excluding carboxylic acids is 1. The average molecular weight is 240 g/mol. The molecule has 1 aliphatic carbocycles. The number of hydrogen-bond acceptors (Lipinski definition) is 2. The Balaban J connectivity index is 2.27. The Morgan fingerprint density at radius 1 is 1.29 bits per heavy atom. The van der Waals surface area contributed by atoms with Crippen molar-refractivity contribution in [2.24, 2.45) is 5.92 Å². The van der Waals surface area contributed by atoms with Crippen LogP contribution in [0.4, 0.5) is 0 Å². The van der Waals surface area contributed by atoms with Gasteiger partial charge in [-0.05, 0) is 46.5 Å². The van der Waals surface area contributed by atoms with Crippen LogP contribution in [-0.2, 0) is 4.79 Å². The highest BCUT2D eigenvalue weighted by atomic mass is 16.1. The van der Waals surface area contributed by atoms with Crippen LogP contribution in [0.15, 0.2) is 0 Å². The first-order valence-corrected chi connectivity index (χ1v) is 6.98. The standard InChI is InChI=1S/C14H28N2O/c1-5-6-9-15-13(17)11-7-8-12(10-11)16-14(2,3)4/h11-12,16H,5-10H2,1-4H3,(H,15,17)/t11-,12+/m0/s1. The number of amides is 1. The predicted octanol–water partition coefficient (Wildman–Crippen LogP) is 2.46. The maximum atomic E-state index is 11.9. The second kappa shape index (κ2) is 6.39. The minimum Gasteiger partial charge on any atom is -0.356 e. The van der Waals surface area contributed by atoms with Gasteiger partial charge in [0.15, 0.2) is 0 Å². The van der Waals surface area contributed by atoms with Gasteiger partial charge in [-0.3, -0.25) is 4.79 Å². The maximum Gasteiger partial charge on any atom is 0.223 e. The Labute approximate surface area is 106 Å². The number of carbonyl (C=O) groups is 1.